The lowest BCUT2D eigenvalue weighted by molar-refractivity contribution is -0.161. The second-order valence-corrected chi connectivity index (χ2v) is 10.1. The van der Waals surface area contributed by atoms with E-state index in [0.29, 0.717) is 24.0 Å². The summed E-state index contributed by atoms with van der Waals surface area (Å²) in [7, 11) is 0. The van der Waals surface area contributed by atoms with E-state index in [9.17, 15) is 9.59 Å². The van der Waals surface area contributed by atoms with Crippen LogP contribution in [0.3, 0.4) is 0 Å². The summed E-state index contributed by atoms with van der Waals surface area (Å²) in [6.07, 6.45) is 0.961. The van der Waals surface area contributed by atoms with Crippen LogP contribution in [0.5, 0.6) is 0 Å². The number of carbonyl (C=O) groups is 2. The van der Waals surface area contributed by atoms with Crippen molar-refractivity contribution in [2.75, 3.05) is 13.2 Å². The molecule has 0 saturated heterocycles. The highest BCUT2D eigenvalue weighted by Crippen LogP contribution is 2.48. The molecule has 0 bridgehead atoms. The van der Waals surface area contributed by atoms with Gasteiger partial charge in [-0.3, -0.25) is 9.59 Å². The minimum absolute atomic E-state index is 0.129. The van der Waals surface area contributed by atoms with Crippen LogP contribution in [0, 0.1) is 5.41 Å². The molecule has 0 amide bonds. The number of hydrogen-bond acceptors (Lipinski definition) is 7. The number of nitrogens with zero attached hydrogens (tertiary/aromatic N) is 3. The molecule has 2 aromatic carbocycles. The van der Waals surface area contributed by atoms with E-state index >= 15 is 0 Å². The molecule has 8 nitrogen and oxygen atoms in total. The third-order valence-electron chi connectivity index (χ3n) is 6.95. The van der Waals surface area contributed by atoms with Crippen molar-refractivity contribution in [1.29, 1.82) is 0 Å². The molecule has 4 aromatic rings. The van der Waals surface area contributed by atoms with Crippen LogP contribution >= 0.6 is 11.6 Å². The van der Waals surface area contributed by atoms with Crippen LogP contribution < -0.4 is 4.84 Å². The maximum atomic E-state index is 12.2. The first-order chi connectivity index (χ1) is 18.9. The Bertz CT molecular complexity index is 1460. The Morgan fingerprint density at radius 3 is 2.13 bits per heavy atom. The van der Waals surface area contributed by atoms with E-state index in [4.69, 9.17) is 30.9 Å². The Morgan fingerprint density at radius 1 is 0.872 bits per heavy atom. The molecular formula is C30H30ClN3O5. The highest BCUT2D eigenvalue weighted by Gasteiger charge is 2.49. The van der Waals surface area contributed by atoms with Gasteiger partial charge in [-0.25, -0.2) is 4.98 Å². The largest absolute Gasteiger partial charge is 0.466 e. The molecular weight excluding hydrogens is 518 g/mol. The van der Waals surface area contributed by atoms with Crippen molar-refractivity contribution in [1.82, 2.24) is 14.7 Å². The molecule has 0 spiro atoms. The van der Waals surface area contributed by atoms with Gasteiger partial charge in [-0.05, 0) is 67.0 Å². The first kappa shape index (κ1) is 26.7. The van der Waals surface area contributed by atoms with Crippen LogP contribution in [0.25, 0.3) is 33.5 Å². The second kappa shape index (κ2) is 11.5. The quantitative estimate of drug-likeness (QED) is 0.228. The summed E-state index contributed by atoms with van der Waals surface area (Å²) < 4.78 is 11.8. The van der Waals surface area contributed by atoms with Gasteiger partial charge in [0.05, 0.1) is 31.7 Å². The molecule has 5 rings (SSSR count). The van der Waals surface area contributed by atoms with Gasteiger partial charge < -0.3 is 14.3 Å². The molecule has 0 unspecified atom stereocenters. The standard InChI is InChI=1S/C30H30ClN3O5/c1-3-37-26(35)18-30(19-27(36)38-4-2)16-21(17-30)39-34-25-15-14-24(32-28(25)33-29(34)31)23-13-9-8-12-22(23)20-10-6-5-7-11-20/h5-15,21H,3-4,16-19H2,1-2H3. The number of aromatic nitrogens is 3. The van der Waals surface area contributed by atoms with Crippen molar-refractivity contribution in [3.05, 3.63) is 72.0 Å². The molecule has 2 heterocycles. The first-order valence-electron chi connectivity index (χ1n) is 13.1. The smallest absolute Gasteiger partial charge is 0.306 e. The van der Waals surface area contributed by atoms with Gasteiger partial charge in [0.2, 0.25) is 5.28 Å². The number of rotatable bonds is 10. The van der Waals surface area contributed by atoms with Crippen LogP contribution in [0.2, 0.25) is 5.28 Å². The van der Waals surface area contributed by atoms with Gasteiger partial charge in [0.25, 0.3) is 0 Å². The van der Waals surface area contributed by atoms with Crippen LogP contribution in [0.15, 0.2) is 66.7 Å². The molecule has 1 saturated carbocycles. The van der Waals surface area contributed by atoms with Gasteiger partial charge in [-0.1, -0.05) is 54.6 Å². The zero-order valence-electron chi connectivity index (χ0n) is 21.9. The molecule has 39 heavy (non-hydrogen) atoms. The molecule has 0 atom stereocenters. The van der Waals surface area contributed by atoms with E-state index in [1.165, 1.54) is 4.73 Å². The molecule has 202 valence electrons. The monoisotopic (exact) mass is 547 g/mol. The van der Waals surface area contributed by atoms with Gasteiger partial charge in [-0.15, -0.1) is 4.73 Å². The van der Waals surface area contributed by atoms with Crippen LogP contribution in [0.1, 0.15) is 39.5 Å². The molecule has 1 aliphatic carbocycles. The lowest BCUT2D eigenvalue weighted by Gasteiger charge is -2.45. The van der Waals surface area contributed by atoms with Crippen LogP contribution in [-0.4, -0.2) is 46.0 Å². The molecule has 0 aliphatic heterocycles. The molecule has 1 aliphatic rings. The average Bonchev–Trinajstić information content (AvgIpc) is 3.22. The lowest BCUT2D eigenvalue weighted by Crippen LogP contribution is -2.49. The summed E-state index contributed by atoms with van der Waals surface area (Å²) in [5, 5.41) is 0.152. The van der Waals surface area contributed by atoms with E-state index in [1.807, 2.05) is 48.5 Å². The summed E-state index contributed by atoms with van der Waals surface area (Å²) in [4.78, 5) is 39.9. The fourth-order valence-corrected chi connectivity index (χ4v) is 5.47. The maximum Gasteiger partial charge on any atom is 0.306 e. The Balaban J connectivity index is 1.36. The molecule has 2 aromatic heterocycles. The second-order valence-electron chi connectivity index (χ2n) is 9.73. The maximum absolute atomic E-state index is 12.2. The normalized spacial score (nSPS) is 14.5. The first-order valence-corrected chi connectivity index (χ1v) is 13.5. The summed E-state index contributed by atoms with van der Waals surface area (Å²) in [6, 6.07) is 22.1. The van der Waals surface area contributed by atoms with Crippen molar-refractivity contribution in [3.63, 3.8) is 0 Å². The summed E-state index contributed by atoms with van der Waals surface area (Å²) in [6.45, 7) is 4.09. The Kier molecular flexibility index (Phi) is 7.84. The van der Waals surface area contributed by atoms with E-state index in [-0.39, 0.29) is 49.4 Å². The topological polar surface area (TPSA) is 92.5 Å². The molecule has 1 fully saturated rings. The van der Waals surface area contributed by atoms with Gasteiger partial charge >= 0.3 is 11.9 Å². The van der Waals surface area contributed by atoms with Crippen LogP contribution in [0.4, 0.5) is 0 Å². The van der Waals surface area contributed by atoms with Crippen molar-refractivity contribution >= 4 is 34.7 Å². The number of fused-ring (bicyclic) bond motifs is 1. The van der Waals surface area contributed by atoms with Crippen molar-refractivity contribution in [2.45, 2.75) is 45.6 Å². The summed E-state index contributed by atoms with van der Waals surface area (Å²) in [5.74, 6) is -0.669. The van der Waals surface area contributed by atoms with Gasteiger partial charge in [0, 0.05) is 5.56 Å². The summed E-state index contributed by atoms with van der Waals surface area (Å²) >= 11 is 6.48. The molecule has 0 radical (unpaired) electrons. The van der Waals surface area contributed by atoms with Gasteiger partial charge in [0.1, 0.15) is 11.6 Å². The minimum atomic E-state index is -0.571. The fraction of sp³-hybridized carbons (Fsp3) is 0.333. The van der Waals surface area contributed by atoms with E-state index in [2.05, 4.69) is 23.2 Å². The number of imidazole rings is 1. The highest BCUT2D eigenvalue weighted by molar-refractivity contribution is 6.29. The SMILES string of the molecule is CCOC(=O)CC1(CC(=O)OCC)CC(On2c(Cl)nc3nc(-c4ccccc4-c4ccccc4)ccc32)C1. The van der Waals surface area contributed by atoms with E-state index in [1.54, 1.807) is 13.8 Å². The number of halogens is 1. The van der Waals surface area contributed by atoms with Gasteiger partial charge in [-0.2, -0.15) is 4.98 Å². The predicted octanol–water partition coefficient (Wildman–Crippen LogP) is 5.90. The number of hydrogen-bond donors (Lipinski definition) is 0. The van der Waals surface area contributed by atoms with Crippen molar-refractivity contribution < 1.29 is 23.9 Å². The number of pyridine rings is 1. The predicted molar refractivity (Wildman–Crippen MR) is 148 cm³/mol. The minimum Gasteiger partial charge on any atom is -0.466 e. The Labute approximate surface area is 231 Å². The Hall–Kier alpha value is -3.91. The third kappa shape index (κ3) is 5.76. The highest BCUT2D eigenvalue weighted by atomic mass is 35.5. The van der Waals surface area contributed by atoms with Crippen molar-refractivity contribution in [3.8, 4) is 22.4 Å². The Morgan fingerprint density at radius 2 is 1.49 bits per heavy atom. The van der Waals surface area contributed by atoms with Crippen LogP contribution in [-0.2, 0) is 19.1 Å². The van der Waals surface area contributed by atoms with E-state index < -0.39 is 5.41 Å². The molecule has 9 heteroatoms. The van der Waals surface area contributed by atoms with Gasteiger partial charge in [0.15, 0.2) is 5.65 Å². The number of ether oxygens (including phenoxy) is 2. The van der Waals surface area contributed by atoms with E-state index in [0.717, 1.165) is 22.4 Å². The molecule has 0 N–H and O–H groups in total. The number of carbonyl (C=O) groups excluding carboxylic acids is 2. The number of esters is 2. The third-order valence-corrected chi connectivity index (χ3v) is 7.19. The number of benzene rings is 2. The average molecular weight is 548 g/mol. The summed E-state index contributed by atoms with van der Waals surface area (Å²) in [5.41, 5.74) is 4.45. The zero-order chi connectivity index (χ0) is 27.4. The zero-order valence-corrected chi connectivity index (χ0v) is 22.7. The lowest BCUT2D eigenvalue weighted by atomic mass is 9.63. The fourth-order valence-electron chi connectivity index (χ4n) is 5.26. The van der Waals surface area contributed by atoms with Crippen molar-refractivity contribution in [2.24, 2.45) is 5.41 Å².